The molecule has 2 aromatic carbocycles. The largest absolute Gasteiger partial charge is 0.295 e. The van der Waals surface area contributed by atoms with Crippen molar-refractivity contribution in [1.82, 2.24) is 4.90 Å². The molecule has 3 amide bonds. The van der Waals surface area contributed by atoms with Gasteiger partial charge < -0.3 is 0 Å². The van der Waals surface area contributed by atoms with Crippen LogP contribution in [0.1, 0.15) is 50.0 Å². The van der Waals surface area contributed by atoms with E-state index < -0.39 is 17.7 Å². The van der Waals surface area contributed by atoms with Crippen LogP contribution in [0, 0.1) is 0 Å². The molecule has 0 aromatic heterocycles. The highest BCUT2D eigenvalue weighted by Crippen LogP contribution is 2.23. The summed E-state index contributed by atoms with van der Waals surface area (Å²) in [4.78, 5) is 48.7. The number of hydrogen-bond donors (Lipinski definition) is 0. The summed E-state index contributed by atoms with van der Waals surface area (Å²) in [6, 6.07) is 13.4. The lowest BCUT2D eigenvalue weighted by Gasteiger charge is -2.11. The number of hydrogen-bond acceptors (Lipinski definition) is 4. The van der Waals surface area contributed by atoms with Crippen LogP contribution in [0.2, 0.25) is 0 Å². The highest BCUT2D eigenvalue weighted by Gasteiger charge is 2.39. The van der Waals surface area contributed by atoms with E-state index >= 15 is 0 Å². The quantitative estimate of drug-likeness (QED) is 0.641. The zero-order valence-electron chi connectivity index (χ0n) is 13.1. The van der Waals surface area contributed by atoms with Gasteiger partial charge in [-0.2, -0.15) is 0 Å². The lowest BCUT2D eigenvalue weighted by Crippen LogP contribution is -2.36. The van der Waals surface area contributed by atoms with Gasteiger partial charge in [0.25, 0.3) is 11.8 Å². The fourth-order valence-electron chi connectivity index (χ4n) is 2.68. The van der Waals surface area contributed by atoms with Gasteiger partial charge in [-0.3, -0.25) is 19.2 Å². The average Bonchev–Trinajstić information content (AvgIpc) is 2.85. The summed E-state index contributed by atoms with van der Waals surface area (Å²) in [6.07, 6.45) is 0.440. The van der Waals surface area contributed by atoms with E-state index in [0.717, 1.165) is 5.56 Å². The molecule has 5 nitrogen and oxygen atoms in total. The number of amides is 3. The molecule has 0 radical (unpaired) electrons. The third kappa shape index (κ3) is 2.76. The molecule has 0 aliphatic carbocycles. The first-order valence-electron chi connectivity index (χ1n) is 7.59. The van der Waals surface area contributed by atoms with E-state index in [1.54, 1.807) is 48.5 Å². The summed E-state index contributed by atoms with van der Waals surface area (Å²) in [7, 11) is 0. The first-order chi connectivity index (χ1) is 11.5. The zero-order chi connectivity index (χ0) is 17.3. The maximum Gasteiger partial charge on any atom is 0.268 e. The predicted octanol–water partition coefficient (Wildman–Crippen LogP) is 2.64. The van der Waals surface area contributed by atoms with Gasteiger partial charge >= 0.3 is 0 Å². The highest BCUT2D eigenvalue weighted by atomic mass is 16.2. The Labute approximate surface area is 138 Å². The third-order valence-corrected chi connectivity index (χ3v) is 4.03. The lowest BCUT2D eigenvalue weighted by atomic mass is 10.1. The fraction of sp³-hybridized carbons (Fsp3) is 0.158. The van der Waals surface area contributed by atoms with Gasteiger partial charge in [0.15, 0.2) is 5.78 Å². The van der Waals surface area contributed by atoms with Gasteiger partial charge in [-0.05, 0) is 31.0 Å². The molecule has 0 saturated heterocycles. The van der Waals surface area contributed by atoms with Crippen LogP contribution in [0.4, 0.5) is 0 Å². The van der Waals surface area contributed by atoms with Crippen LogP contribution >= 0.6 is 0 Å². The van der Waals surface area contributed by atoms with Crippen molar-refractivity contribution in [1.29, 1.82) is 0 Å². The van der Waals surface area contributed by atoms with Gasteiger partial charge in [0, 0.05) is 12.0 Å². The van der Waals surface area contributed by atoms with Gasteiger partial charge in [0.2, 0.25) is 5.91 Å². The van der Waals surface area contributed by atoms with E-state index in [1.165, 1.54) is 6.92 Å². The molecule has 0 saturated carbocycles. The number of benzene rings is 2. The van der Waals surface area contributed by atoms with Crippen LogP contribution in [0.5, 0.6) is 0 Å². The summed E-state index contributed by atoms with van der Waals surface area (Å²) >= 11 is 0. The van der Waals surface area contributed by atoms with E-state index in [2.05, 4.69) is 0 Å². The van der Waals surface area contributed by atoms with Crippen molar-refractivity contribution in [2.24, 2.45) is 0 Å². The van der Waals surface area contributed by atoms with Crippen LogP contribution in [0.15, 0.2) is 48.5 Å². The van der Waals surface area contributed by atoms with Crippen molar-refractivity contribution in [3.63, 3.8) is 0 Å². The zero-order valence-corrected chi connectivity index (χ0v) is 13.1. The summed E-state index contributed by atoms with van der Waals surface area (Å²) in [5.74, 6) is -1.67. The number of rotatable bonds is 4. The van der Waals surface area contributed by atoms with Crippen molar-refractivity contribution in [2.45, 2.75) is 19.8 Å². The third-order valence-electron chi connectivity index (χ3n) is 4.03. The Hall–Kier alpha value is -3.08. The Balaban J connectivity index is 1.69. The van der Waals surface area contributed by atoms with Crippen molar-refractivity contribution < 1.29 is 19.2 Å². The minimum absolute atomic E-state index is 0.0244. The Bertz CT molecular complexity index is 817. The van der Waals surface area contributed by atoms with Gasteiger partial charge in [0.05, 0.1) is 11.1 Å². The Kier molecular flexibility index (Phi) is 4.08. The molecule has 120 valence electrons. The van der Waals surface area contributed by atoms with E-state index in [-0.39, 0.29) is 23.3 Å². The second kappa shape index (κ2) is 6.20. The topological polar surface area (TPSA) is 71.5 Å². The number of imide groups is 3. The molecule has 0 unspecified atom stereocenters. The summed E-state index contributed by atoms with van der Waals surface area (Å²) in [6.45, 7) is 1.49. The maximum absolute atomic E-state index is 12.3. The summed E-state index contributed by atoms with van der Waals surface area (Å²) < 4.78 is 0. The Morgan fingerprint density at radius 1 is 0.875 bits per heavy atom. The number of carbonyl (C=O) groups is 4. The summed E-state index contributed by atoms with van der Waals surface area (Å²) in [5.41, 5.74) is 2.00. The molecule has 3 rings (SSSR count). The molecular formula is C19H15NO4. The SMILES string of the molecule is CC(=O)c1ccc(CCC(=O)N2C(=O)c3ccccc3C2=O)cc1. The molecule has 0 spiro atoms. The van der Waals surface area contributed by atoms with Crippen LogP contribution in [-0.2, 0) is 11.2 Å². The van der Waals surface area contributed by atoms with Gasteiger partial charge in [-0.15, -0.1) is 0 Å². The van der Waals surface area contributed by atoms with Crippen molar-refractivity contribution in [3.05, 3.63) is 70.8 Å². The normalized spacial score (nSPS) is 13.1. The second-order valence-corrected chi connectivity index (χ2v) is 5.64. The minimum atomic E-state index is -0.562. The van der Waals surface area contributed by atoms with Crippen LogP contribution in [0.25, 0.3) is 0 Å². The van der Waals surface area contributed by atoms with Gasteiger partial charge in [-0.1, -0.05) is 36.4 Å². The molecule has 1 aliphatic rings. The first-order valence-corrected chi connectivity index (χ1v) is 7.59. The van der Waals surface area contributed by atoms with Gasteiger partial charge in [0.1, 0.15) is 0 Å². The van der Waals surface area contributed by atoms with E-state index in [0.29, 0.717) is 16.9 Å². The predicted molar refractivity (Wildman–Crippen MR) is 86.7 cm³/mol. The second-order valence-electron chi connectivity index (χ2n) is 5.64. The molecule has 1 heterocycles. The monoisotopic (exact) mass is 321 g/mol. The maximum atomic E-state index is 12.3. The lowest BCUT2D eigenvalue weighted by molar-refractivity contribution is -0.126. The smallest absolute Gasteiger partial charge is 0.268 e. The number of aryl methyl sites for hydroxylation is 1. The van der Waals surface area contributed by atoms with Crippen molar-refractivity contribution in [3.8, 4) is 0 Å². The number of carbonyl (C=O) groups excluding carboxylic acids is 4. The molecule has 0 N–H and O–H groups in total. The number of Topliss-reactive ketones (excluding diaryl/α,β-unsaturated/α-hetero) is 1. The number of nitrogens with zero attached hydrogens (tertiary/aromatic N) is 1. The standard InChI is InChI=1S/C19H15NO4/c1-12(21)14-9-6-13(7-10-14)8-11-17(22)20-18(23)15-4-2-3-5-16(15)19(20)24/h2-7,9-10H,8,11H2,1H3. The molecule has 2 aromatic rings. The average molecular weight is 321 g/mol. The van der Waals surface area contributed by atoms with E-state index in [4.69, 9.17) is 0 Å². The van der Waals surface area contributed by atoms with Crippen LogP contribution in [-0.4, -0.2) is 28.4 Å². The molecular weight excluding hydrogens is 306 g/mol. The molecule has 24 heavy (non-hydrogen) atoms. The van der Waals surface area contributed by atoms with Crippen LogP contribution in [0.3, 0.4) is 0 Å². The van der Waals surface area contributed by atoms with Crippen molar-refractivity contribution in [2.75, 3.05) is 0 Å². The van der Waals surface area contributed by atoms with E-state index in [1.807, 2.05) is 0 Å². The van der Waals surface area contributed by atoms with Crippen LogP contribution < -0.4 is 0 Å². The molecule has 1 aliphatic heterocycles. The Morgan fingerprint density at radius 3 is 1.92 bits per heavy atom. The summed E-state index contributed by atoms with van der Waals surface area (Å²) in [5, 5.41) is 0. The fourth-order valence-corrected chi connectivity index (χ4v) is 2.68. The molecule has 0 atom stereocenters. The molecule has 5 heteroatoms. The minimum Gasteiger partial charge on any atom is -0.295 e. The first kappa shape index (κ1) is 15.8. The number of ketones is 1. The number of fused-ring (bicyclic) bond motifs is 1. The molecule has 0 bridgehead atoms. The Morgan fingerprint density at radius 2 is 1.42 bits per heavy atom. The molecule has 0 fully saturated rings. The van der Waals surface area contributed by atoms with Crippen molar-refractivity contribution >= 4 is 23.5 Å². The van der Waals surface area contributed by atoms with Gasteiger partial charge in [-0.25, -0.2) is 4.90 Å². The van der Waals surface area contributed by atoms with E-state index in [9.17, 15) is 19.2 Å². The highest BCUT2D eigenvalue weighted by molar-refractivity contribution is 6.28.